The van der Waals surface area contributed by atoms with Gasteiger partial charge in [-0.3, -0.25) is 9.48 Å². The maximum atomic E-state index is 14.5. The van der Waals surface area contributed by atoms with E-state index in [0.29, 0.717) is 39.9 Å². The van der Waals surface area contributed by atoms with Crippen LogP contribution in [0, 0.1) is 5.95 Å². The number of ketones is 1. The van der Waals surface area contributed by atoms with Gasteiger partial charge in [0.1, 0.15) is 18.0 Å². The number of carbonyl (C=O) groups excluding carboxylic acids is 1. The average molecular weight is 506 g/mol. The number of carbonyl (C=O) groups is 1. The average Bonchev–Trinajstić information content (AvgIpc) is 3.29. The second-order valence-corrected chi connectivity index (χ2v) is 8.86. The Morgan fingerprint density at radius 3 is 2.54 bits per heavy atom. The van der Waals surface area contributed by atoms with Gasteiger partial charge in [-0.05, 0) is 38.1 Å². The van der Waals surface area contributed by atoms with Gasteiger partial charge >= 0.3 is 0 Å². The summed E-state index contributed by atoms with van der Waals surface area (Å²) in [5.41, 5.74) is 0.830. The van der Waals surface area contributed by atoms with E-state index in [-0.39, 0.29) is 23.6 Å². The van der Waals surface area contributed by atoms with Gasteiger partial charge < -0.3 is 20.5 Å². The number of anilines is 4. The fourth-order valence-electron chi connectivity index (χ4n) is 3.77. The van der Waals surface area contributed by atoms with Crippen molar-refractivity contribution in [3.63, 3.8) is 0 Å². The van der Waals surface area contributed by atoms with Crippen LogP contribution >= 0.6 is 0 Å². The van der Waals surface area contributed by atoms with E-state index in [1.165, 1.54) is 26.1 Å². The van der Waals surface area contributed by atoms with Crippen LogP contribution in [0.3, 0.4) is 0 Å². The molecule has 192 valence electrons. The zero-order valence-electron chi connectivity index (χ0n) is 21.2. The normalized spacial score (nSPS) is 11.3. The topological polar surface area (TPSA) is 127 Å². The number of hydrogen-bond acceptors (Lipinski definition) is 9. The van der Waals surface area contributed by atoms with Gasteiger partial charge in [-0.15, -0.1) is 0 Å². The van der Waals surface area contributed by atoms with E-state index in [1.807, 2.05) is 18.2 Å². The van der Waals surface area contributed by atoms with Crippen LogP contribution < -0.4 is 15.4 Å². The third-order valence-corrected chi connectivity index (χ3v) is 5.62. The number of rotatable bonds is 9. The predicted molar refractivity (Wildman–Crippen MR) is 138 cm³/mol. The molecule has 4 aromatic rings. The first-order valence-corrected chi connectivity index (χ1v) is 11.6. The smallest absolute Gasteiger partial charge is 0.220 e. The molecule has 0 fully saturated rings. The number of benzene rings is 1. The molecule has 0 amide bonds. The van der Waals surface area contributed by atoms with Crippen molar-refractivity contribution < 1.29 is 19.0 Å². The fourth-order valence-corrected chi connectivity index (χ4v) is 3.77. The fraction of sp³-hybridized carbons (Fsp3) is 0.269. The van der Waals surface area contributed by atoms with Crippen LogP contribution in [0.4, 0.5) is 27.4 Å². The summed E-state index contributed by atoms with van der Waals surface area (Å²) < 4.78 is 21.8. The molecule has 4 rings (SSSR count). The number of pyridine rings is 2. The van der Waals surface area contributed by atoms with Gasteiger partial charge in [-0.25, -0.2) is 15.0 Å². The van der Waals surface area contributed by atoms with E-state index in [0.717, 1.165) is 0 Å². The summed E-state index contributed by atoms with van der Waals surface area (Å²) in [7, 11) is 3.32. The maximum absolute atomic E-state index is 14.5. The molecule has 10 nitrogen and oxygen atoms in total. The van der Waals surface area contributed by atoms with Gasteiger partial charge in [0.05, 0.1) is 35.2 Å². The van der Waals surface area contributed by atoms with Crippen LogP contribution in [-0.4, -0.2) is 42.7 Å². The largest absolute Gasteiger partial charge is 0.494 e. The van der Waals surface area contributed by atoms with E-state index in [4.69, 9.17) is 4.74 Å². The molecule has 0 bridgehead atoms. The quantitative estimate of drug-likeness (QED) is 0.219. The van der Waals surface area contributed by atoms with Crippen molar-refractivity contribution in [1.29, 1.82) is 0 Å². The lowest BCUT2D eigenvalue weighted by molar-refractivity contribution is 0.0737. The van der Waals surface area contributed by atoms with Gasteiger partial charge in [0.25, 0.3) is 0 Å². The summed E-state index contributed by atoms with van der Waals surface area (Å²) in [6, 6.07) is 10.1. The first-order chi connectivity index (χ1) is 17.6. The van der Waals surface area contributed by atoms with Crippen molar-refractivity contribution in [3.05, 3.63) is 66.0 Å². The number of nitrogens with zero attached hydrogens (tertiary/aromatic N) is 5. The number of nitrogens with one attached hydrogen (secondary N) is 2. The highest BCUT2D eigenvalue weighted by Gasteiger charge is 2.22. The SMILES string of the molecule is CCC(=O)c1cnc(Nc2ccc(C(C)(C)O)c(F)n2)cc1Nc1cccc(-c2ncn(C)n2)c1OC. The van der Waals surface area contributed by atoms with Crippen LogP contribution in [0.25, 0.3) is 11.4 Å². The summed E-state index contributed by atoms with van der Waals surface area (Å²) in [4.78, 5) is 25.2. The Kier molecular flexibility index (Phi) is 7.16. The van der Waals surface area contributed by atoms with Gasteiger partial charge in [0.15, 0.2) is 17.4 Å². The molecule has 0 saturated carbocycles. The van der Waals surface area contributed by atoms with Crippen LogP contribution in [0.2, 0.25) is 0 Å². The minimum Gasteiger partial charge on any atom is -0.494 e. The van der Waals surface area contributed by atoms with E-state index >= 15 is 0 Å². The van der Waals surface area contributed by atoms with Gasteiger partial charge in [-0.1, -0.05) is 13.0 Å². The minimum atomic E-state index is -1.37. The minimum absolute atomic E-state index is 0.0756. The van der Waals surface area contributed by atoms with Crippen LogP contribution in [-0.2, 0) is 12.6 Å². The molecule has 11 heteroatoms. The number of aliphatic hydroxyl groups is 1. The Morgan fingerprint density at radius 2 is 1.92 bits per heavy atom. The highest BCUT2D eigenvalue weighted by molar-refractivity contribution is 6.02. The standard InChI is InChI=1S/C26H28FN7O3/c1-6-20(35)16-13-28-22(31-21-11-10-17(24(27)32-21)26(2,3)36)12-19(16)30-18-9-7-8-15(23(18)37-5)25-29-14-34(4)33-25/h7-14,36H,6H2,1-5H3,(H2,28,30,31,32). The number of aromatic nitrogens is 5. The molecule has 3 heterocycles. The Hall–Kier alpha value is -4.38. The van der Waals surface area contributed by atoms with Crippen molar-refractivity contribution in [1.82, 2.24) is 24.7 Å². The number of halogens is 1. The molecule has 3 N–H and O–H groups in total. The molecular weight excluding hydrogens is 477 g/mol. The molecule has 0 aliphatic carbocycles. The van der Waals surface area contributed by atoms with E-state index in [9.17, 15) is 14.3 Å². The number of ether oxygens (including phenoxy) is 1. The number of aryl methyl sites for hydroxylation is 1. The first-order valence-electron chi connectivity index (χ1n) is 11.6. The summed E-state index contributed by atoms with van der Waals surface area (Å²) in [5, 5.41) is 20.7. The van der Waals surface area contributed by atoms with Gasteiger partial charge in [0.2, 0.25) is 5.95 Å². The Labute approximate surface area is 213 Å². The molecule has 1 aromatic carbocycles. The van der Waals surface area contributed by atoms with E-state index in [1.54, 1.807) is 44.2 Å². The molecule has 0 spiro atoms. The Bertz CT molecular complexity index is 1450. The summed E-state index contributed by atoms with van der Waals surface area (Å²) in [5.74, 6) is 0.618. The number of Topliss-reactive ketones (excluding diaryl/α,β-unsaturated/α-hetero) is 1. The lowest BCUT2D eigenvalue weighted by atomic mass is 10.0. The van der Waals surface area contributed by atoms with Crippen LogP contribution in [0.1, 0.15) is 43.1 Å². The highest BCUT2D eigenvalue weighted by atomic mass is 19.1. The van der Waals surface area contributed by atoms with Gasteiger partial charge in [-0.2, -0.15) is 9.49 Å². The summed E-state index contributed by atoms with van der Waals surface area (Å²) >= 11 is 0. The number of hydrogen-bond donors (Lipinski definition) is 3. The lowest BCUT2D eigenvalue weighted by Gasteiger charge is -2.19. The first kappa shape index (κ1) is 25.7. The maximum Gasteiger partial charge on any atom is 0.220 e. The van der Waals surface area contributed by atoms with E-state index < -0.39 is 11.5 Å². The Morgan fingerprint density at radius 1 is 1.14 bits per heavy atom. The molecule has 0 radical (unpaired) electrons. The molecule has 0 aliphatic rings. The second-order valence-electron chi connectivity index (χ2n) is 8.86. The highest BCUT2D eigenvalue weighted by Crippen LogP contribution is 2.37. The molecule has 0 saturated heterocycles. The monoisotopic (exact) mass is 505 g/mol. The lowest BCUT2D eigenvalue weighted by Crippen LogP contribution is -2.18. The molecule has 0 unspecified atom stereocenters. The van der Waals surface area contributed by atoms with Crippen molar-refractivity contribution >= 4 is 28.8 Å². The Balaban J connectivity index is 1.71. The van der Waals surface area contributed by atoms with Gasteiger partial charge in [0, 0.05) is 31.3 Å². The third-order valence-electron chi connectivity index (χ3n) is 5.62. The molecule has 0 atom stereocenters. The zero-order valence-corrected chi connectivity index (χ0v) is 21.2. The molecular formula is C26H28FN7O3. The van der Waals surface area contributed by atoms with Crippen molar-refractivity contribution in [3.8, 4) is 17.1 Å². The second kappa shape index (κ2) is 10.3. The van der Waals surface area contributed by atoms with Crippen LogP contribution in [0.5, 0.6) is 5.75 Å². The third kappa shape index (κ3) is 5.56. The summed E-state index contributed by atoms with van der Waals surface area (Å²) in [6.07, 6.45) is 3.33. The predicted octanol–water partition coefficient (Wildman–Crippen LogP) is 4.73. The number of para-hydroxylation sites is 1. The van der Waals surface area contributed by atoms with E-state index in [2.05, 4.69) is 30.7 Å². The van der Waals surface area contributed by atoms with Crippen molar-refractivity contribution in [2.45, 2.75) is 32.8 Å². The summed E-state index contributed by atoms with van der Waals surface area (Å²) in [6.45, 7) is 4.73. The van der Waals surface area contributed by atoms with Crippen molar-refractivity contribution in [2.24, 2.45) is 7.05 Å². The molecule has 37 heavy (non-hydrogen) atoms. The number of methoxy groups -OCH3 is 1. The molecule has 3 aromatic heterocycles. The van der Waals surface area contributed by atoms with Crippen molar-refractivity contribution in [2.75, 3.05) is 17.7 Å². The van der Waals surface area contributed by atoms with Crippen LogP contribution in [0.15, 0.2) is 48.9 Å². The molecule has 0 aliphatic heterocycles. The zero-order chi connectivity index (χ0) is 26.7.